The molecule has 2 fully saturated rings. The van der Waals surface area contributed by atoms with Gasteiger partial charge in [-0.1, -0.05) is 0 Å². The minimum atomic E-state index is -0.488. The number of ether oxygens (including phenoxy) is 3. The molecule has 30 heavy (non-hydrogen) atoms. The number of aromatic nitrogens is 1. The average molecular weight is 435 g/mol. The molecule has 0 spiro atoms. The number of aliphatic hydroxyl groups excluding tert-OH is 1. The van der Waals surface area contributed by atoms with Gasteiger partial charge < -0.3 is 19.3 Å². The summed E-state index contributed by atoms with van der Waals surface area (Å²) < 4.78 is 17.4. The molecule has 5 atom stereocenters. The molecule has 0 amide bonds. The van der Waals surface area contributed by atoms with Crippen LogP contribution in [0.3, 0.4) is 0 Å². The SMILES string of the molecule is COCc1csc(C2CC[C@@H]3C(COc4ccc([N+](=O)[O-])c(C)c4)[C@H](O)C[C@@H]3O2)n1. The molecule has 8 nitrogen and oxygen atoms in total. The number of aryl methyl sites for hydroxylation is 1. The van der Waals surface area contributed by atoms with Crippen LogP contribution in [0.4, 0.5) is 5.69 Å². The maximum Gasteiger partial charge on any atom is 0.272 e. The van der Waals surface area contributed by atoms with Gasteiger partial charge in [-0.25, -0.2) is 4.98 Å². The Labute approximate surface area is 179 Å². The zero-order valence-corrected chi connectivity index (χ0v) is 17.8. The highest BCUT2D eigenvalue weighted by atomic mass is 32.1. The third kappa shape index (κ3) is 4.34. The van der Waals surface area contributed by atoms with E-state index in [-0.39, 0.29) is 29.7 Å². The van der Waals surface area contributed by atoms with Gasteiger partial charge in [0.1, 0.15) is 16.9 Å². The van der Waals surface area contributed by atoms with Gasteiger partial charge in [-0.2, -0.15) is 0 Å². The van der Waals surface area contributed by atoms with E-state index in [9.17, 15) is 15.2 Å². The highest BCUT2D eigenvalue weighted by molar-refractivity contribution is 7.09. The Morgan fingerprint density at radius 2 is 2.23 bits per heavy atom. The van der Waals surface area contributed by atoms with Crippen molar-refractivity contribution in [3.05, 3.63) is 50.0 Å². The lowest BCUT2D eigenvalue weighted by atomic mass is 9.87. The van der Waals surface area contributed by atoms with E-state index in [4.69, 9.17) is 14.2 Å². The molecule has 0 bridgehead atoms. The summed E-state index contributed by atoms with van der Waals surface area (Å²) in [6.07, 6.45) is 1.86. The third-order valence-electron chi connectivity index (χ3n) is 6.04. The zero-order chi connectivity index (χ0) is 21.3. The molecule has 9 heteroatoms. The van der Waals surface area contributed by atoms with Crippen LogP contribution in [0.25, 0.3) is 0 Å². The summed E-state index contributed by atoms with van der Waals surface area (Å²) in [5.41, 5.74) is 1.55. The summed E-state index contributed by atoms with van der Waals surface area (Å²) >= 11 is 1.59. The van der Waals surface area contributed by atoms with Gasteiger partial charge in [-0.3, -0.25) is 10.1 Å². The van der Waals surface area contributed by atoms with E-state index in [2.05, 4.69) is 4.98 Å². The van der Waals surface area contributed by atoms with Gasteiger partial charge in [0.2, 0.25) is 0 Å². The number of hydrogen-bond donors (Lipinski definition) is 1. The normalized spacial score (nSPS) is 28.3. The van der Waals surface area contributed by atoms with Crippen LogP contribution in [-0.4, -0.2) is 40.9 Å². The fourth-order valence-corrected chi connectivity index (χ4v) is 5.42. The predicted octanol–water partition coefficient (Wildman–Crippen LogP) is 3.80. The lowest BCUT2D eigenvalue weighted by Crippen LogP contribution is -2.33. The number of methoxy groups -OCH3 is 1. The van der Waals surface area contributed by atoms with E-state index in [1.54, 1.807) is 37.5 Å². The van der Waals surface area contributed by atoms with Crippen LogP contribution < -0.4 is 4.74 Å². The predicted molar refractivity (Wildman–Crippen MR) is 111 cm³/mol. The van der Waals surface area contributed by atoms with Crippen molar-refractivity contribution in [1.29, 1.82) is 0 Å². The van der Waals surface area contributed by atoms with Crippen LogP contribution >= 0.6 is 11.3 Å². The number of nitrogens with zero attached hydrogens (tertiary/aromatic N) is 2. The molecule has 1 aromatic heterocycles. The van der Waals surface area contributed by atoms with Crippen LogP contribution in [0, 0.1) is 28.9 Å². The topological polar surface area (TPSA) is 104 Å². The monoisotopic (exact) mass is 434 g/mol. The van der Waals surface area contributed by atoms with E-state index in [1.807, 2.05) is 5.38 Å². The molecule has 4 rings (SSSR count). The Hall–Kier alpha value is -2.07. The van der Waals surface area contributed by atoms with Crippen LogP contribution in [0.15, 0.2) is 23.6 Å². The van der Waals surface area contributed by atoms with Gasteiger partial charge in [-0.05, 0) is 37.8 Å². The van der Waals surface area contributed by atoms with Crippen molar-refractivity contribution >= 4 is 17.0 Å². The van der Waals surface area contributed by atoms with Crippen molar-refractivity contribution in [2.24, 2.45) is 11.8 Å². The highest BCUT2D eigenvalue weighted by Gasteiger charge is 2.47. The molecule has 0 radical (unpaired) electrons. The number of thiazole rings is 1. The molecule has 1 aliphatic heterocycles. The van der Waals surface area contributed by atoms with Crippen molar-refractivity contribution in [3.8, 4) is 5.75 Å². The largest absolute Gasteiger partial charge is 0.493 e. The van der Waals surface area contributed by atoms with Crippen molar-refractivity contribution in [1.82, 2.24) is 4.98 Å². The summed E-state index contributed by atoms with van der Waals surface area (Å²) in [5.74, 6) is 0.789. The van der Waals surface area contributed by atoms with Gasteiger partial charge in [0.25, 0.3) is 5.69 Å². The van der Waals surface area contributed by atoms with E-state index >= 15 is 0 Å². The lowest BCUT2D eigenvalue weighted by Gasteiger charge is -2.33. The first-order valence-electron chi connectivity index (χ1n) is 10.1. The van der Waals surface area contributed by atoms with Crippen molar-refractivity contribution in [2.45, 2.75) is 51.1 Å². The maximum atomic E-state index is 11.0. The Balaban J connectivity index is 1.37. The van der Waals surface area contributed by atoms with Crippen molar-refractivity contribution in [3.63, 3.8) is 0 Å². The number of hydrogen-bond acceptors (Lipinski definition) is 8. The molecule has 2 heterocycles. The zero-order valence-electron chi connectivity index (χ0n) is 17.0. The van der Waals surface area contributed by atoms with Crippen molar-refractivity contribution in [2.75, 3.05) is 13.7 Å². The van der Waals surface area contributed by atoms with E-state index < -0.39 is 11.0 Å². The number of rotatable bonds is 7. The molecule has 2 aromatic rings. The summed E-state index contributed by atoms with van der Waals surface area (Å²) in [4.78, 5) is 15.2. The number of benzene rings is 1. The fraction of sp³-hybridized carbons (Fsp3) is 0.571. The quantitative estimate of drug-likeness (QED) is 0.522. The van der Waals surface area contributed by atoms with Gasteiger partial charge in [0.05, 0.1) is 36.0 Å². The van der Waals surface area contributed by atoms with Crippen molar-refractivity contribution < 1.29 is 24.2 Å². The second-order valence-electron chi connectivity index (χ2n) is 8.00. The molecule has 2 unspecified atom stereocenters. The smallest absolute Gasteiger partial charge is 0.272 e. The Bertz CT molecular complexity index is 903. The van der Waals surface area contributed by atoms with Crippen LogP contribution in [0.1, 0.15) is 41.6 Å². The first kappa shape index (κ1) is 21.2. The first-order valence-corrected chi connectivity index (χ1v) is 11.0. The minimum absolute atomic E-state index is 0.0132. The first-order chi connectivity index (χ1) is 14.5. The second-order valence-corrected chi connectivity index (χ2v) is 8.89. The summed E-state index contributed by atoms with van der Waals surface area (Å²) in [7, 11) is 1.65. The fourth-order valence-electron chi connectivity index (χ4n) is 4.54. The summed E-state index contributed by atoms with van der Waals surface area (Å²) in [6, 6.07) is 4.74. The van der Waals surface area contributed by atoms with Gasteiger partial charge in [0.15, 0.2) is 0 Å². The Morgan fingerprint density at radius 1 is 1.40 bits per heavy atom. The highest BCUT2D eigenvalue weighted by Crippen LogP contribution is 2.46. The van der Waals surface area contributed by atoms with E-state index in [0.29, 0.717) is 30.9 Å². The van der Waals surface area contributed by atoms with E-state index in [0.717, 1.165) is 23.5 Å². The lowest BCUT2D eigenvalue weighted by molar-refractivity contribution is -0.385. The molecule has 1 aliphatic carbocycles. The number of nitro groups is 1. The Kier molecular flexibility index (Phi) is 6.33. The third-order valence-corrected chi connectivity index (χ3v) is 7.03. The molecule has 162 valence electrons. The summed E-state index contributed by atoms with van der Waals surface area (Å²) in [5, 5.41) is 24.6. The summed E-state index contributed by atoms with van der Waals surface area (Å²) in [6.45, 7) is 2.55. The molecule has 1 saturated heterocycles. The second kappa shape index (κ2) is 8.97. The molecule has 2 aliphatic rings. The maximum absolute atomic E-state index is 11.0. The van der Waals surface area contributed by atoms with Gasteiger partial charge >= 0.3 is 0 Å². The minimum Gasteiger partial charge on any atom is -0.493 e. The average Bonchev–Trinajstić information content (AvgIpc) is 3.29. The molecule has 1 N–H and O–H groups in total. The number of aliphatic hydroxyl groups is 1. The Morgan fingerprint density at radius 3 is 2.97 bits per heavy atom. The number of nitro benzene ring substituents is 1. The molecular weight excluding hydrogens is 408 g/mol. The molecular formula is C21H26N2O6S. The van der Waals surface area contributed by atoms with Gasteiger partial charge in [0, 0.05) is 36.5 Å². The standard InChI is InChI=1S/C21H26N2O6S/c1-12-7-14(3-5-17(12)23(25)26)28-10-16-15-4-6-19(29-20(15)8-18(16)24)21-22-13(9-27-2)11-30-21/h3,5,7,11,15-16,18-20,24H,4,6,8-10H2,1-2H3/t15-,16?,18-,19?,20+/m1/s1. The van der Waals surface area contributed by atoms with Crippen LogP contribution in [0.5, 0.6) is 5.75 Å². The number of fused-ring (bicyclic) bond motifs is 1. The molecule has 1 saturated carbocycles. The van der Waals surface area contributed by atoms with E-state index in [1.165, 1.54) is 6.07 Å². The molecule has 1 aromatic carbocycles. The van der Waals surface area contributed by atoms with Gasteiger partial charge in [-0.15, -0.1) is 11.3 Å². The van der Waals surface area contributed by atoms with Crippen LogP contribution in [0.2, 0.25) is 0 Å². The van der Waals surface area contributed by atoms with Crippen LogP contribution in [-0.2, 0) is 16.1 Å².